The summed E-state index contributed by atoms with van der Waals surface area (Å²) in [7, 11) is 0. The Morgan fingerprint density at radius 2 is 1.85 bits per heavy atom. The third-order valence-electron chi connectivity index (χ3n) is 4.43. The zero-order chi connectivity index (χ0) is 18.4. The van der Waals surface area contributed by atoms with Gasteiger partial charge in [0.05, 0.1) is 11.4 Å². The van der Waals surface area contributed by atoms with Crippen LogP contribution in [-0.2, 0) is 0 Å². The van der Waals surface area contributed by atoms with Gasteiger partial charge in [-0.25, -0.2) is 14.4 Å². The molecule has 0 aliphatic heterocycles. The second-order valence-corrected chi connectivity index (χ2v) is 6.09. The first-order chi connectivity index (χ1) is 13.2. The van der Waals surface area contributed by atoms with E-state index >= 15 is 0 Å². The van der Waals surface area contributed by atoms with Crippen LogP contribution in [0.1, 0.15) is 0 Å². The Kier molecular flexibility index (Phi) is 3.33. The smallest absolute Gasteiger partial charge is 0.180 e. The highest BCUT2D eigenvalue weighted by atomic mass is 19.1. The van der Waals surface area contributed by atoms with Gasteiger partial charge in [0.2, 0.25) is 0 Å². The van der Waals surface area contributed by atoms with Crippen LogP contribution < -0.4 is 5.73 Å². The Morgan fingerprint density at radius 3 is 2.70 bits per heavy atom. The summed E-state index contributed by atoms with van der Waals surface area (Å²) in [6.07, 6.45) is 8.39. The predicted octanol–water partition coefficient (Wildman–Crippen LogP) is 3.73. The third-order valence-corrected chi connectivity index (χ3v) is 4.43. The van der Waals surface area contributed by atoms with Crippen LogP contribution >= 0.6 is 0 Å². The number of pyridine rings is 2. The van der Waals surface area contributed by atoms with Crippen LogP contribution in [0.3, 0.4) is 0 Å². The lowest BCUT2D eigenvalue weighted by molar-refractivity contribution is 0.637. The lowest BCUT2D eigenvalue weighted by atomic mass is 10.0. The van der Waals surface area contributed by atoms with E-state index in [1.54, 1.807) is 37.1 Å². The fourth-order valence-corrected chi connectivity index (χ4v) is 3.28. The van der Waals surface area contributed by atoms with Gasteiger partial charge in [0.15, 0.2) is 11.5 Å². The van der Waals surface area contributed by atoms with Crippen molar-refractivity contribution in [3.05, 3.63) is 73.2 Å². The van der Waals surface area contributed by atoms with Crippen molar-refractivity contribution < 1.29 is 4.39 Å². The fraction of sp³-hybridized carbons (Fsp3) is 0. The van der Waals surface area contributed by atoms with Gasteiger partial charge in [0.25, 0.3) is 0 Å². The highest BCUT2D eigenvalue weighted by molar-refractivity contribution is 5.89. The van der Waals surface area contributed by atoms with E-state index in [4.69, 9.17) is 5.73 Å². The van der Waals surface area contributed by atoms with Crippen molar-refractivity contribution in [2.45, 2.75) is 0 Å². The fourth-order valence-electron chi connectivity index (χ4n) is 3.28. The second-order valence-electron chi connectivity index (χ2n) is 6.09. The van der Waals surface area contributed by atoms with Gasteiger partial charge in [-0.3, -0.25) is 14.4 Å². The molecule has 4 aromatic heterocycles. The highest BCUT2D eigenvalue weighted by Crippen LogP contribution is 2.34. The largest absolute Gasteiger partial charge is 0.381 e. The molecule has 2 N–H and O–H groups in total. The van der Waals surface area contributed by atoms with Gasteiger partial charge < -0.3 is 5.73 Å². The first-order valence-corrected chi connectivity index (χ1v) is 8.30. The quantitative estimate of drug-likeness (QED) is 0.521. The molecule has 0 amide bonds. The van der Waals surface area contributed by atoms with E-state index in [-0.39, 0.29) is 0 Å². The van der Waals surface area contributed by atoms with Crippen molar-refractivity contribution in [1.29, 1.82) is 0 Å². The number of hydrogen-bond acceptors (Lipinski definition) is 5. The van der Waals surface area contributed by atoms with Crippen molar-refractivity contribution in [2.24, 2.45) is 0 Å². The topological polar surface area (TPSA) is 82.0 Å². The van der Waals surface area contributed by atoms with Gasteiger partial charge in [-0.1, -0.05) is 6.07 Å². The van der Waals surface area contributed by atoms with E-state index in [9.17, 15) is 4.39 Å². The molecule has 0 bridgehead atoms. The summed E-state index contributed by atoms with van der Waals surface area (Å²) < 4.78 is 16.5. The molecule has 0 spiro atoms. The number of halogens is 1. The zero-order valence-corrected chi connectivity index (χ0v) is 14.0. The Balaban J connectivity index is 1.90. The predicted molar refractivity (Wildman–Crippen MR) is 101 cm³/mol. The van der Waals surface area contributed by atoms with E-state index in [0.29, 0.717) is 39.3 Å². The Bertz CT molecular complexity index is 1300. The lowest BCUT2D eigenvalue weighted by Gasteiger charge is -2.14. The number of benzene rings is 1. The number of nitrogens with zero attached hydrogens (tertiary/aromatic N) is 5. The van der Waals surface area contributed by atoms with Crippen LogP contribution in [0, 0.1) is 5.82 Å². The average Bonchev–Trinajstić information content (AvgIpc) is 3.19. The minimum Gasteiger partial charge on any atom is -0.381 e. The molecular weight excluding hydrogens is 343 g/mol. The molecule has 7 heteroatoms. The van der Waals surface area contributed by atoms with Gasteiger partial charge in [-0.15, -0.1) is 0 Å². The molecule has 0 saturated heterocycles. The van der Waals surface area contributed by atoms with E-state index in [1.807, 2.05) is 28.7 Å². The maximum atomic E-state index is 14.7. The van der Waals surface area contributed by atoms with E-state index in [0.717, 1.165) is 5.56 Å². The molecule has 0 unspecified atom stereocenters. The van der Waals surface area contributed by atoms with Crippen LogP contribution in [0.25, 0.3) is 39.1 Å². The Labute approximate surface area is 153 Å². The maximum Gasteiger partial charge on any atom is 0.180 e. The minimum atomic E-state index is -0.398. The van der Waals surface area contributed by atoms with Crippen molar-refractivity contribution in [1.82, 2.24) is 24.3 Å². The second kappa shape index (κ2) is 5.84. The number of rotatable bonds is 2. The summed E-state index contributed by atoms with van der Waals surface area (Å²) in [5, 5.41) is 0.703. The molecule has 0 saturated carbocycles. The maximum absolute atomic E-state index is 14.7. The molecule has 4 heterocycles. The first kappa shape index (κ1) is 15.4. The normalized spacial score (nSPS) is 11.3. The molecular formula is C20H13FN6. The van der Waals surface area contributed by atoms with E-state index in [1.165, 1.54) is 6.07 Å². The summed E-state index contributed by atoms with van der Waals surface area (Å²) in [5.41, 5.74) is 9.68. The van der Waals surface area contributed by atoms with Gasteiger partial charge in [0, 0.05) is 47.5 Å². The van der Waals surface area contributed by atoms with Crippen LogP contribution in [0.15, 0.2) is 67.4 Å². The molecule has 6 nitrogen and oxygen atoms in total. The van der Waals surface area contributed by atoms with Crippen LogP contribution in [0.5, 0.6) is 0 Å². The number of fused-ring (bicyclic) bond motifs is 2. The van der Waals surface area contributed by atoms with Gasteiger partial charge in [0.1, 0.15) is 11.3 Å². The highest BCUT2D eigenvalue weighted by Gasteiger charge is 2.18. The van der Waals surface area contributed by atoms with Crippen LogP contribution in [0.4, 0.5) is 10.2 Å². The monoisotopic (exact) mass is 356 g/mol. The average molecular weight is 356 g/mol. The molecule has 27 heavy (non-hydrogen) atoms. The summed E-state index contributed by atoms with van der Waals surface area (Å²) in [5.74, 6) is -0.101. The van der Waals surface area contributed by atoms with E-state index in [2.05, 4.69) is 19.9 Å². The number of imidazole rings is 1. The molecule has 130 valence electrons. The molecule has 1 aromatic carbocycles. The Morgan fingerprint density at radius 1 is 0.963 bits per heavy atom. The van der Waals surface area contributed by atoms with Gasteiger partial charge >= 0.3 is 0 Å². The molecule has 0 aliphatic rings. The molecule has 0 radical (unpaired) electrons. The van der Waals surface area contributed by atoms with E-state index < -0.39 is 5.82 Å². The molecule has 0 fully saturated rings. The summed E-state index contributed by atoms with van der Waals surface area (Å²) in [4.78, 5) is 17.1. The minimum absolute atomic E-state index is 0.297. The zero-order valence-electron chi connectivity index (χ0n) is 14.0. The number of aromatic nitrogens is 5. The first-order valence-electron chi connectivity index (χ1n) is 8.30. The molecule has 5 aromatic rings. The lowest BCUT2D eigenvalue weighted by Crippen LogP contribution is -2.04. The number of hydrogen-bond donors (Lipinski definition) is 1. The molecule has 5 rings (SSSR count). The SMILES string of the molecule is Nc1nc(-c2cccnc2)c(-c2cc(F)c3ncccc3c2)n2ccnc12. The van der Waals surface area contributed by atoms with Crippen molar-refractivity contribution in [3.8, 4) is 22.5 Å². The summed E-state index contributed by atoms with van der Waals surface area (Å²) in [6, 6.07) is 10.7. The third kappa shape index (κ3) is 2.40. The van der Waals surface area contributed by atoms with Crippen molar-refractivity contribution in [3.63, 3.8) is 0 Å². The summed E-state index contributed by atoms with van der Waals surface area (Å²) >= 11 is 0. The van der Waals surface area contributed by atoms with Crippen molar-refractivity contribution >= 4 is 22.4 Å². The Hall–Kier alpha value is -3.87. The molecule has 0 aliphatic carbocycles. The standard InChI is InChI=1S/C20H13FN6/c21-15-10-14(9-12-3-2-6-24-16(12)15)18-17(13-4-1-5-23-11-13)26-19(22)20-25-7-8-27(18)20/h1-11H,(H2,22,26). The number of nitrogens with two attached hydrogens (primary N) is 1. The molecule has 0 atom stereocenters. The summed E-state index contributed by atoms with van der Waals surface area (Å²) in [6.45, 7) is 0. The number of anilines is 1. The number of nitrogen functional groups attached to an aromatic ring is 1. The van der Waals surface area contributed by atoms with Gasteiger partial charge in [-0.2, -0.15) is 0 Å². The van der Waals surface area contributed by atoms with Crippen LogP contribution in [0.2, 0.25) is 0 Å². The van der Waals surface area contributed by atoms with Gasteiger partial charge in [-0.05, 0) is 30.3 Å². The van der Waals surface area contributed by atoms with Crippen molar-refractivity contribution in [2.75, 3.05) is 5.73 Å². The van der Waals surface area contributed by atoms with Crippen LogP contribution in [-0.4, -0.2) is 24.3 Å².